The second-order valence-electron chi connectivity index (χ2n) is 5.89. The lowest BCUT2D eigenvalue weighted by Crippen LogP contribution is -2.27. The highest BCUT2D eigenvalue weighted by Gasteiger charge is 2.27. The van der Waals surface area contributed by atoms with E-state index >= 15 is 0 Å². The maximum Gasteiger partial charge on any atom is 0.271 e. The first-order valence-corrected chi connectivity index (χ1v) is 9.75. The number of amides is 1. The van der Waals surface area contributed by atoms with Crippen LogP contribution >= 0.6 is 0 Å². The van der Waals surface area contributed by atoms with Gasteiger partial charge < -0.3 is 5.32 Å². The molecule has 1 aliphatic heterocycles. The molecular weight excluding hydrogens is 342 g/mol. The molecule has 0 radical (unpaired) electrons. The van der Waals surface area contributed by atoms with Gasteiger partial charge in [0.25, 0.3) is 5.91 Å². The van der Waals surface area contributed by atoms with Crippen LogP contribution in [0, 0.1) is 0 Å². The summed E-state index contributed by atoms with van der Waals surface area (Å²) in [5, 5.41) is 2.75. The number of hydrogen-bond acceptors (Lipinski definition) is 5. The maximum atomic E-state index is 12.5. The fraction of sp³-hybridized carbons (Fsp3) is 0.438. The lowest BCUT2D eigenvalue weighted by Gasteiger charge is -2.15. The molecule has 2 aromatic heterocycles. The average Bonchev–Trinajstić information content (AvgIpc) is 3.31. The molecule has 2 aromatic rings. The van der Waals surface area contributed by atoms with Gasteiger partial charge in [0.15, 0.2) is 0 Å². The van der Waals surface area contributed by atoms with Crippen LogP contribution in [0.1, 0.15) is 36.7 Å². The number of rotatable bonds is 6. The topological polar surface area (TPSA) is 97.2 Å². The summed E-state index contributed by atoms with van der Waals surface area (Å²) in [6, 6.07) is 3.14. The summed E-state index contributed by atoms with van der Waals surface area (Å²) in [6.45, 7) is 3.68. The van der Waals surface area contributed by atoms with Crippen LogP contribution < -0.4 is 5.32 Å². The molecule has 0 saturated carbocycles. The molecule has 134 valence electrons. The molecular formula is C16H21N5O3S. The second-order valence-corrected chi connectivity index (χ2v) is 7.82. The Bertz CT molecular complexity index is 839. The molecule has 3 rings (SSSR count). The maximum absolute atomic E-state index is 12.5. The van der Waals surface area contributed by atoms with Crippen molar-refractivity contribution in [3.63, 3.8) is 0 Å². The van der Waals surface area contributed by atoms with Gasteiger partial charge in [0, 0.05) is 32.0 Å². The van der Waals surface area contributed by atoms with E-state index in [1.807, 2.05) is 6.92 Å². The summed E-state index contributed by atoms with van der Waals surface area (Å²) in [7, 11) is -3.47. The number of sulfonamides is 1. The molecule has 3 heterocycles. The molecule has 0 spiro atoms. The van der Waals surface area contributed by atoms with Crippen molar-refractivity contribution in [3.8, 4) is 5.82 Å². The molecule has 0 atom stereocenters. The van der Waals surface area contributed by atoms with Crippen LogP contribution in [-0.2, 0) is 10.0 Å². The van der Waals surface area contributed by atoms with Crippen molar-refractivity contribution in [1.29, 1.82) is 0 Å². The molecule has 0 unspecified atom stereocenters. The lowest BCUT2D eigenvalue weighted by molar-refractivity contribution is 0.0949. The van der Waals surface area contributed by atoms with Crippen LogP contribution in [0.2, 0.25) is 0 Å². The number of nitrogens with zero attached hydrogens (tertiary/aromatic N) is 4. The smallest absolute Gasteiger partial charge is 0.271 e. The van der Waals surface area contributed by atoms with Gasteiger partial charge in [0.1, 0.15) is 22.7 Å². The van der Waals surface area contributed by atoms with Gasteiger partial charge in [-0.3, -0.25) is 9.36 Å². The molecule has 25 heavy (non-hydrogen) atoms. The van der Waals surface area contributed by atoms with Gasteiger partial charge >= 0.3 is 0 Å². The highest BCUT2D eigenvalue weighted by molar-refractivity contribution is 7.89. The zero-order valence-corrected chi connectivity index (χ0v) is 14.9. The number of pyridine rings is 1. The van der Waals surface area contributed by atoms with Gasteiger partial charge in [0.05, 0.1) is 0 Å². The van der Waals surface area contributed by atoms with Gasteiger partial charge in [-0.2, -0.15) is 4.31 Å². The number of carbonyl (C=O) groups is 1. The summed E-state index contributed by atoms with van der Waals surface area (Å²) in [6.07, 6.45) is 7.03. The number of imidazole rings is 1. The Morgan fingerprint density at radius 1 is 1.24 bits per heavy atom. The predicted octanol–water partition coefficient (Wildman–Crippen LogP) is 1.19. The minimum absolute atomic E-state index is 0.180. The third-order valence-corrected chi connectivity index (χ3v) is 5.92. The van der Waals surface area contributed by atoms with Gasteiger partial charge in [-0.15, -0.1) is 0 Å². The number of aromatic nitrogens is 3. The molecule has 9 heteroatoms. The molecule has 8 nitrogen and oxygen atoms in total. The third-order valence-electron chi connectivity index (χ3n) is 4.04. The molecule has 1 saturated heterocycles. The van der Waals surface area contributed by atoms with Gasteiger partial charge in [-0.1, -0.05) is 6.92 Å². The van der Waals surface area contributed by atoms with Crippen molar-refractivity contribution < 1.29 is 13.2 Å². The monoisotopic (exact) mass is 363 g/mol. The van der Waals surface area contributed by atoms with Crippen molar-refractivity contribution in [3.05, 3.63) is 36.5 Å². The standard InChI is InChI=1S/C16H21N5O3S/c1-2-7-17-16(22)14-11-20(12-19-14)15-6-5-13(10-18-15)25(23,24)21-8-3-4-9-21/h5-6,10-12H,2-4,7-9H2,1H3,(H,17,22). The normalized spacial score (nSPS) is 15.4. The Balaban J connectivity index is 1.77. The Morgan fingerprint density at radius 3 is 2.64 bits per heavy atom. The summed E-state index contributed by atoms with van der Waals surface area (Å²) in [5.41, 5.74) is 0.295. The van der Waals surface area contributed by atoms with Gasteiger partial charge in [0.2, 0.25) is 10.0 Å². The van der Waals surface area contributed by atoms with E-state index < -0.39 is 10.0 Å². The Hall–Kier alpha value is -2.26. The number of carbonyl (C=O) groups excluding carboxylic acids is 1. The lowest BCUT2D eigenvalue weighted by atomic mass is 10.4. The predicted molar refractivity (Wildman–Crippen MR) is 92.0 cm³/mol. The van der Waals surface area contributed by atoms with Gasteiger partial charge in [-0.05, 0) is 31.4 Å². The first-order chi connectivity index (χ1) is 12.0. The summed E-state index contributed by atoms with van der Waals surface area (Å²) < 4.78 is 28.1. The summed E-state index contributed by atoms with van der Waals surface area (Å²) in [4.78, 5) is 20.3. The number of hydrogen-bond donors (Lipinski definition) is 1. The van der Waals surface area contributed by atoms with Gasteiger partial charge in [-0.25, -0.2) is 18.4 Å². The summed E-state index contributed by atoms with van der Waals surface area (Å²) >= 11 is 0. The van der Waals surface area contributed by atoms with E-state index in [4.69, 9.17) is 0 Å². The van der Waals surface area contributed by atoms with Crippen molar-refractivity contribution in [2.45, 2.75) is 31.1 Å². The van der Waals surface area contributed by atoms with Crippen LogP contribution in [0.25, 0.3) is 5.82 Å². The Kier molecular flexibility index (Phi) is 5.14. The van der Waals surface area contributed by atoms with E-state index in [0.29, 0.717) is 31.1 Å². The third kappa shape index (κ3) is 3.72. The Labute approximate surface area is 146 Å². The van der Waals surface area contributed by atoms with E-state index in [2.05, 4.69) is 15.3 Å². The van der Waals surface area contributed by atoms with E-state index in [1.165, 1.54) is 22.9 Å². The van der Waals surface area contributed by atoms with Crippen LogP contribution in [0.5, 0.6) is 0 Å². The fourth-order valence-corrected chi connectivity index (χ4v) is 4.11. The van der Waals surface area contributed by atoms with E-state index in [-0.39, 0.29) is 10.8 Å². The SMILES string of the molecule is CCCNC(=O)c1cn(-c2ccc(S(=O)(=O)N3CCCC3)cn2)cn1. The van der Waals surface area contributed by atoms with E-state index in [1.54, 1.807) is 16.8 Å². The minimum atomic E-state index is -3.47. The van der Waals surface area contributed by atoms with E-state index in [0.717, 1.165) is 19.3 Å². The fourth-order valence-electron chi connectivity index (χ4n) is 2.65. The van der Waals surface area contributed by atoms with Crippen LogP contribution in [-0.4, -0.2) is 52.8 Å². The molecule has 1 aliphatic rings. The van der Waals surface area contributed by atoms with E-state index in [9.17, 15) is 13.2 Å². The Morgan fingerprint density at radius 2 is 2.00 bits per heavy atom. The molecule has 1 amide bonds. The van der Waals surface area contributed by atoms with Crippen LogP contribution in [0.15, 0.2) is 35.7 Å². The molecule has 1 fully saturated rings. The largest absolute Gasteiger partial charge is 0.351 e. The van der Waals surface area contributed by atoms with Crippen molar-refractivity contribution in [2.24, 2.45) is 0 Å². The van der Waals surface area contributed by atoms with Crippen molar-refractivity contribution >= 4 is 15.9 Å². The van der Waals surface area contributed by atoms with Crippen molar-refractivity contribution in [2.75, 3.05) is 19.6 Å². The van der Waals surface area contributed by atoms with Crippen LogP contribution in [0.4, 0.5) is 0 Å². The highest BCUT2D eigenvalue weighted by Crippen LogP contribution is 2.20. The highest BCUT2D eigenvalue weighted by atomic mass is 32.2. The molecule has 1 N–H and O–H groups in total. The second kappa shape index (κ2) is 7.32. The average molecular weight is 363 g/mol. The van der Waals surface area contributed by atoms with Crippen LogP contribution in [0.3, 0.4) is 0 Å². The first-order valence-electron chi connectivity index (χ1n) is 8.31. The zero-order valence-electron chi connectivity index (χ0n) is 14.1. The summed E-state index contributed by atoms with van der Waals surface area (Å²) in [5.74, 6) is 0.260. The van der Waals surface area contributed by atoms with Crippen molar-refractivity contribution in [1.82, 2.24) is 24.2 Å². The molecule has 0 bridgehead atoms. The quantitative estimate of drug-likeness (QED) is 0.831. The zero-order chi connectivity index (χ0) is 17.9. The first kappa shape index (κ1) is 17.6. The minimum Gasteiger partial charge on any atom is -0.351 e. The number of nitrogens with one attached hydrogen (secondary N) is 1. The molecule has 0 aromatic carbocycles. The molecule has 0 aliphatic carbocycles.